The quantitative estimate of drug-likeness (QED) is 0.224. The highest BCUT2D eigenvalue weighted by molar-refractivity contribution is 6.40. The van der Waals surface area contributed by atoms with E-state index in [2.05, 4.69) is 4.79 Å². The highest BCUT2D eigenvalue weighted by Gasteiger charge is 2.31. The van der Waals surface area contributed by atoms with E-state index in [1.54, 1.807) is 0 Å². The van der Waals surface area contributed by atoms with Crippen LogP contribution in [0.5, 0.6) is 0 Å². The van der Waals surface area contributed by atoms with Gasteiger partial charge in [-0.25, -0.2) is 4.79 Å². The van der Waals surface area contributed by atoms with Crippen LogP contribution < -0.4 is 0 Å². The second-order valence-electron chi connectivity index (χ2n) is 6.66. The number of carboxylic acids is 1. The molecule has 3 rings (SSSR count). The molecule has 10 heteroatoms. The number of aliphatic carboxylic acids is 1. The third kappa shape index (κ3) is 4.70. The SMILES string of the molecule is [N-]=[N+]=C(C(=O)O)c1ccc(-c2ccc(C(F)(F)F)cc2)c(-c2ccc(C(F)(F)F)cc2)c1. The Kier molecular flexibility index (Phi) is 5.92. The van der Waals surface area contributed by atoms with Crippen molar-refractivity contribution < 1.29 is 41.0 Å². The average Bonchev–Trinajstić information content (AvgIpc) is 2.73. The monoisotopic (exact) mass is 450 g/mol. The van der Waals surface area contributed by atoms with Gasteiger partial charge in [-0.2, -0.15) is 31.1 Å². The Hall–Kier alpha value is -3.91. The lowest BCUT2D eigenvalue weighted by Gasteiger charge is -2.14. The van der Waals surface area contributed by atoms with E-state index in [-0.39, 0.29) is 16.7 Å². The van der Waals surface area contributed by atoms with Gasteiger partial charge < -0.3 is 10.6 Å². The molecule has 0 bridgehead atoms. The molecule has 164 valence electrons. The zero-order valence-corrected chi connectivity index (χ0v) is 15.9. The number of benzene rings is 3. The van der Waals surface area contributed by atoms with Gasteiger partial charge in [0.05, 0.1) is 16.7 Å². The third-order valence-corrected chi connectivity index (χ3v) is 4.64. The van der Waals surface area contributed by atoms with E-state index >= 15 is 0 Å². The number of rotatable bonds is 4. The van der Waals surface area contributed by atoms with Gasteiger partial charge in [0.15, 0.2) is 0 Å². The molecule has 0 fully saturated rings. The van der Waals surface area contributed by atoms with Gasteiger partial charge in [-0.3, -0.25) is 0 Å². The molecule has 0 aromatic heterocycles. The highest BCUT2D eigenvalue weighted by Crippen LogP contribution is 2.37. The fourth-order valence-electron chi connectivity index (χ4n) is 3.08. The molecule has 0 saturated heterocycles. The van der Waals surface area contributed by atoms with Crippen LogP contribution in [0, 0.1) is 0 Å². The van der Waals surface area contributed by atoms with E-state index in [0.717, 1.165) is 36.4 Å². The standard InChI is InChI=1S/C22H12F6N2O2/c23-21(24,25)15-6-1-12(2-7-15)17-10-5-14(19(30-29)20(31)32)11-18(17)13-3-8-16(9-4-13)22(26,27)28/h1-11H,(H,31,32). The molecule has 0 atom stereocenters. The van der Waals surface area contributed by atoms with E-state index in [9.17, 15) is 36.2 Å². The molecular weight excluding hydrogens is 438 g/mol. The van der Waals surface area contributed by atoms with Gasteiger partial charge in [-0.15, -0.1) is 0 Å². The maximum Gasteiger partial charge on any atom is 0.419 e. The summed E-state index contributed by atoms with van der Waals surface area (Å²) in [5.41, 5.74) is 7.60. The Morgan fingerprint density at radius 3 is 1.53 bits per heavy atom. The van der Waals surface area contributed by atoms with Crippen molar-refractivity contribution in [2.75, 3.05) is 0 Å². The predicted octanol–water partition coefficient (Wildman–Crippen LogP) is 6.16. The number of nitrogens with zero attached hydrogens (tertiary/aromatic N) is 2. The highest BCUT2D eigenvalue weighted by atomic mass is 19.4. The van der Waals surface area contributed by atoms with Crippen molar-refractivity contribution in [1.82, 2.24) is 0 Å². The summed E-state index contributed by atoms with van der Waals surface area (Å²) in [6, 6.07) is 12.0. The molecule has 0 saturated carbocycles. The van der Waals surface area contributed by atoms with Gasteiger partial charge in [-0.05, 0) is 58.7 Å². The van der Waals surface area contributed by atoms with Crippen LogP contribution in [0.3, 0.4) is 0 Å². The van der Waals surface area contributed by atoms with Crippen molar-refractivity contribution in [2.24, 2.45) is 0 Å². The zero-order chi connectivity index (χ0) is 23.7. The number of halogens is 6. The minimum absolute atomic E-state index is 0.0504. The predicted molar refractivity (Wildman–Crippen MR) is 103 cm³/mol. The third-order valence-electron chi connectivity index (χ3n) is 4.64. The fourth-order valence-corrected chi connectivity index (χ4v) is 3.08. The van der Waals surface area contributed by atoms with Gasteiger partial charge in [0.2, 0.25) is 0 Å². The summed E-state index contributed by atoms with van der Waals surface area (Å²) in [5.74, 6) is -1.55. The largest absolute Gasteiger partial charge is 0.472 e. The Labute approximate surface area is 177 Å². The molecule has 0 spiro atoms. The van der Waals surface area contributed by atoms with Crippen LogP contribution in [0.2, 0.25) is 0 Å². The first kappa shape index (κ1) is 22.8. The van der Waals surface area contributed by atoms with Crippen molar-refractivity contribution in [3.8, 4) is 22.3 Å². The summed E-state index contributed by atoms with van der Waals surface area (Å²) in [7, 11) is 0. The summed E-state index contributed by atoms with van der Waals surface area (Å²) in [4.78, 5) is 14.0. The molecule has 0 aliphatic carbocycles. The van der Waals surface area contributed by atoms with Gasteiger partial charge in [0.25, 0.3) is 0 Å². The van der Waals surface area contributed by atoms with Crippen LogP contribution in [0.4, 0.5) is 26.3 Å². The topological polar surface area (TPSA) is 73.7 Å². The second-order valence-corrected chi connectivity index (χ2v) is 6.66. The molecule has 1 N–H and O–H groups in total. The lowest BCUT2D eigenvalue weighted by atomic mass is 9.91. The smallest absolute Gasteiger partial charge is 0.419 e. The molecule has 0 aliphatic heterocycles. The van der Waals surface area contributed by atoms with E-state index in [4.69, 9.17) is 5.53 Å². The van der Waals surface area contributed by atoms with E-state index in [1.807, 2.05) is 0 Å². The average molecular weight is 450 g/mol. The van der Waals surface area contributed by atoms with Crippen LogP contribution in [0.25, 0.3) is 27.8 Å². The normalized spacial score (nSPS) is 11.7. The first-order chi connectivity index (χ1) is 14.9. The van der Waals surface area contributed by atoms with Crippen LogP contribution in [0.1, 0.15) is 16.7 Å². The molecule has 0 unspecified atom stereocenters. The van der Waals surface area contributed by atoms with Crippen molar-refractivity contribution in [3.63, 3.8) is 0 Å². The first-order valence-corrected chi connectivity index (χ1v) is 8.87. The summed E-state index contributed by atoms with van der Waals surface area (Å²) >= 11 is 0. The van der Waals surface area contributed by atoms with E-state index < -0.39 is 35.2 Å². The summed E-state index contributed by atoms with van der Waals surface area (Å²) < 4.78 is 77.3. The van der Waals surface area contributed by atoms with Crippen LogP contribution in [-0.2, 0) is 17.1 Å². The Morgan fingerprint density at radius 2 is 1.16 bits per heavy atom. The van der Waals surface area contributed by atoms with Gasteiger partial charge in [-0.1, -0.05) is 30.3 Å². The minimum Gasteiger partial charge on any atom is -0.472 e. The van der Waals surface area contributed by atoms with Crippen molar-refractivity contribution in [2.45, 2.75) is 12.4 Å². The number of carbonyl (C=O) groups is 1. The zero-order valence-electron chi connectivity index (χ0n) is 15.9. The van der Waals surface area contributed by atoms with Crippen LogP contribution in [-0.4, -0.2) is 21.6 Å². The molecule has 0 heterocycles. The molecular formula is C22H12F6N2O2. The number of hydrogen-bond donors (Lipinski definition) is 1. The number of carboxylic acid groups (broad SMARTS) is 1. The minimum atomic E-state index is -4.57. The fraction of sp³-hybridized carbons (Fsp3) is 0.0909. The summed E-state index contributed by atoms with van der Waals surface area (Å²) in [6.07, 6.45) is -9.12. The van der Waals surface area contributed by atoms with E-state index in [1.165, 1.54) is 30.3 Å². The summed E-state index contributed by atoms with van der Waals surface area (Å²) in [5, 5.41) is 9.18. The van der Waals surface area contributed by atoms with Gasteiger partial charge in [0.1, 0.15) is 0 Å². The lowest BCUT2D eigenvalue weighted by molar-refractivity contribution is -0.138. The summed E-state index contributed by atoms with van der Waals surface area (Å²) in [6.45, 7) is 0. The van der Waals surface area contributed by atoms with Gasteiger partial charge >= 0.3 is 24.0 Å². The van der Waals surface area contributed by atoms with Crippen molar-refractivity contribution in [3.05, 3.63) is 89.0 Å². The first-order valence-electron chi connectivity index (χ1n) is 8.87. The molecule has 32 heavy (non-hydrogen) atoms. The number of hydrogen-bond acceptors (Lipinski definition) is 1. The molecule has 0 radical (unpaired) electrons. The van der Waals surface area contributed by atoms with Crippen LogP contribution in [0.15, 0.2) is 66.7 Å². The molecule has 3 aromatic rings. The Morgan fingerprint density at radius 1 is 0.719 bits per heavy atom. The van der Waals surface area contributed by atoms with E-state index in [0.29, 0.717) is 11.1 Å². The lowest BCUT2D eigenvalue weighted by Crippen LogP contribution is -2.15. The molecule has 3 aromatic carbocycles. The Bertz CT molecular complexity index is 1210. The van der Waals surface area contributed by atoms with Crippen molar-refractivity contribution in [1.29, 1.82) is 0 Å². The van der Waals surface area contributed by atoms with Gasteiger partial charge in [0, 0.05) is 0 Å². The maximum absolute atomic E-state index is 12.9. The molecule has 4 nitrogen and oxygen atoms in total. The van der Waals surface area contributed by atoms with Crippen LogP contribution >= 0.6 is 0 Å². The molecule has 0 amide bonds. The van der Waals surface area contributed by atoms with Crippen molar-refractivity contribution >= 4 is 11.7 Å². The second kappa shape index (κ2) is 8.32. The molecule has 0 aliphatic rings. The Balaban J connectivity index is 2.19. The maximum atomic E-state index is 12.9. The number of alkyl halides is 6.